The van der Waals surface area contributed by atoms with Gasteiger partial charge in [-0.15, -0.1) is 0 Å². The maximum atomic E-state index is 12.3. The second-order valence-corrected chi connectivity index (χ2v) is 6.76. The lowest BCUT2D eigenvalue weighted by atomic mass is 9.83. The van der Waals surface area contributed by atoms with E-state index in [0.717, 1.165) is 28.2 Å². The molecule has 2 fully saturated rings. The van der Waals surface area contributed by atoms with Crippen LogP contribution in [0.3, 0.4) is 0 Å². The van der Waals surface area contributed by atoms with Gasteiger partial charge in [-0.3, -0.25) is 19.4 Å². The van der Waals surface area contributed by atoms with Gasteiger partial charge in [0.1, 0.15) is 11.3 Å². The maximum Gasteiger partial charge on any atom is 0.333 e. The third-order valence-electron chi connectivity index (χ3n) is 4.99. The number of likely N-dealkylation sites (N-methyl/N-ethyl adjacent to an activating group) is 2. The highest BCUT2D eigenvalue weighted by molar-refractivity contribution is 6.30. The fourth-order valence-electron chi connectivity index (χ4n) is 3.56. The number of barbiturate groups is 1. The first-order valence-corrected chi connectivity index (χ1v) is 8.54. The molecule has 6 heteroatoms. The number of nitrogens with zero attached hydrogens (tertiary/aromatic N) is 2. The fraction of sp³-hybridized carbons (Fsp3) is 0.421. The highest BCUT2D eigenvalue weighted by Crippen LogP contribution is 2.35. The summed E-state index contributed by atoms with van der Waals surface area (Å²) in [6.07, 6.45) is 7.20. The minimum Gasteiger partial charge on any atom is -0.508 e. The van der Waals surface area contributed by atoms with Crippen LogP contribution in [0, 0.1) is 0 Å². The number of imide groups is 2. The summed E-state index contributed by atoms with van der Waals surface area (Å²) in [7, 11) is 2.69. The average molecular weight is 342 g/mol. The van der Waals surface area contributed by atoms with Gasteiger partial charge in [0, 0.05) is 14.1 Å². The molecule has 1 N–H and O–H groups in total. The van der Waals surface area contributed by atoms with E-state index in [2.05, 4.69) is 0 Å². The van der Waals surface area contributed by atoms with Gasteiger partial charge < -0.3 is 5.11 Å². The van der Waals surface area contributed by atoms with E-state index >= 15 is 0 Å². The van der Waals surface area contributed by atoms with Gasteiger partial charge >= 0.3 is 6.03 Å². The molecule has 0 bridgehead atoms. The van der Waals surface area contributed by atoms with Crippen molar-refractivity contribution in [3.63, 3.8) is 0 Å². The van der Waals surface area contributed by atoms with Crippen LogP contribution in [0.25, 0.3) is 6.08 Å². The molecule has 1 saturated heterocycles. The standard InChI is InChI=1S/C19H22N2O4/c1-20-17(23)16(18(24)21(2)19(20)25)10-12-8-14(11-15(22)9-12)13-6-4-3-5-7-13/h8-11,13,22H,3-7H2,1-2H3. The molecule has 1 aliphatic heterocycles. The van der Waals surface area contributed by atoms with E-state index in [1.807, 2.05) is 6.07 Å². The van der Waals surface area contributed by atoms with Crippen LogP contribution in [-0.2, 0) is 9.59 Å². The first-order valence-electron chi connectivity index (χ1n) is 8.54. The summed E-state index contributed by atoms with van der Waals surface area (Å²) < 4.78 is 0. The second kappa shape index (κ2) is 6.70. The van der Waals surface area contributed by atoms with Crippen LogP contribution < -0.4 is 0 Å². The van der Waals surface area contributed by atoms with Crippen molar-refractivity contribution in [2.75, 3.05) is 14.1 Å². The molecule has 0 atom stereocenters. The minimum atomic E-state index is -0.647. The lowest BCUT2D eigenvalue weighted by molar-refractivity contribution is -0.134. The molecule has 2 aliphatic rings. The van der Waals surface area contributed by atoms with Gasteiger partial charge in [-0.1, -0.05) is 25.3 Å². The number of amides is 4. The first kappa shape index (κ1) is 17.2. The Morgan fingerprint density at radius 1 is 0.960 bits per heavy atom. The topological polar surface area (TPSA) is 77.9 Å². The summed E-state index contributed by atoms with van der Waals surface area (Å²) in [5, 5.41) is 10.1. The number of phenols is 1. The second-order valence-electron chi connectivity index (χ2n) is 6.76. The molecule has 0 radical (unpaired) electrons. The monoisotopic (exact) mass is 342 g/mol. The van der Waals surface area contributed by atoms with E-state index in [4.69, 9.17) is 0 Å². The van der Waals surface area contributed by atoms with Crippen LogP contribution in [0.15, 0.2) is 23.8 Å². The van der Waals surface area contributed by atoms with Crippen molar-refractivity contribution in [2.45, 2.75) is 38.0 Å². The molecule has 3 rings (SSSR count). The number of hydrogen-bond acceptors (Lipinski definition) is 4. The number of urea groups is 1. The number of benzene rings is 1. The zero-order valence-corrected chi connectivity index (χ0v) is 14.5. The molecule has 1 aromatic rings. The summed E-state index contributed by atoms with van der Waals surface area (Å²) in [5.74, 6) is -0.752. The lowest BCUT2D eigenvalue weighted by Gasteiger charge is -2.29. The zero-order valence-electron chi connectivity index (χ0n) is 14.5. The van der Waals surface area contributed by atoms with Crippen molar-refractivity contribution in [1.82, 2.24) is 9.80 Å². The van der Waals surface area contributed by atoms with Gasteiger partial charge in [-0.2, -0.15) is 0 Å². The molecule has 132 valence electrons. The van der Waals surface area contributed by atoms with Crippen molar-refractivity contribution in [3.8, 4) is 5.75 Å². The molecule has 1 saturated carbocycles. The summed E-state index contributed by atoms with van der Waals surface area (Å²) in [5.41, 5.74) is 1.54. The molecule has 1 heterocycles. The Hall–Kier alpha value is -2.63. The van der Waals surface area contributed by atoms with Gasteiger partial charge in [-0.05, 0) is 48.1 Å². The predicted molar refractivity (Wildman–Crippen MR) is 92.8 cm³/mol. The van der Waals surface area contributed by atoms with E-state index in [0.29, 0.717) is 11.5 Å². The van der Waals surface area contributed by atoms with Crippen LogP contribution in [0.2, 0.25) is 0 Å². The van der Waals surface area contributed by atoms with Crippen molar-refractivity contribution in [2.24, 2.45) is 0 Å². The molecular formula is C19H22N2O4. The maximum absolute atomic E-state index is 12.3. The van der Waals surface area contributed by atoms with Crippen LogP contribution in [-0.4, -0.2) is 46.8 Å². The third kappa shape index (κ3) is 3.29. The molecule has 25 heavy (non-hydrogen) atoms. The summed E-state index contributed by atoms with van der Waals surface area (Å²) in [6, 6.07) is 4.55. The van der Waals surface area contributed by atoms with Gasteiger partial charge in [0.15, 0.2) is 0 Å². The number of carbonyl (C=O) groups is 3. The Morgan fingerprint density at radius 2 is 1.56 bits per heavy atom. The molecular weight excluding hydrogens is 320 g/mol. The van der Waals surface area contributed by atoms with Crippen molar-refractivity contribution < 1.29 is 19.5 Å². The number of hydrogen-bond donors (Lipinski definition) is 1. The average Bonchev–Trinajstić information content (AvgIpc) is 2.62. The Labute approximate surface area is 146 Å². The van der Waals surface area contributed by atoms with Crippen LogP contribution in [0.5, 0.6) is 5.75 Å². The Balaban J connectivity index is 1.97. The third-order valence-corrected chi connectivity index (χ3v) is 4.99. The molecule has 0 unspecified atom stereocenters. The number of aromatic hydroxyl groups is 1. The Kier molecular flexibility index (Phi) is 4.61. The van der Waals surface area contributed by atoms with Gasteiger partial charge in [0.25, 0.3) is 11.8 Å². The van der Waals surface area contributed by atoms with Crippen LogP contribution in [0.1, 0.15) is 49.1 Å². The number of phenolic OH excluding ortho intramolecular Hbond substituents is 1. The molecule has 0 aromatic heterocycles. The number of rotatable bonds is 2. The normalized spacial score (nSPS) is 19.6. The highest BCUT2D eigenvalue weighted by atomic mass is 16.3. The molecule has 1 aliphatic carbocycles. The molecule has 4 amide bonds. The van der Waals surface area contributed by atoms with E-state index in [1.54, 1.807) is 6.07 Å². The van der Waals surface area contributed by atoms with Crippen molar-refractivity contribution in [1.29, 1.82) is 0 Å². The summed E-state index contributed by atoms with van der Waals surface area (Å²) in [4.78, 5) is 38.2. The van der Waals surface area contributed by atoms with Crippen LogP contribution >= 0.6 is 0 Å². The van der Waals surface area contributed by atoms with E-state index in [9.17, 15) is 19.5 Å². The first-order chi connectivity index (χ1) is 11.9. The van der Waals surface area contributed by atoms with Crippen LogP contribution in [0.4, 0.5) is 4.79 Å². The quantitative estimate of drug-likeness (QED) is 0.662. The minimum absolute atomic E-state index is 0.0789. The van der Waals surface area contributed by atoms with E-state index in [-0.39, 0.29) is 11.3 Å². The fourth-order valence-corrected chi connectivity index (χ4v) is 3.56. The summed E-state index contributed by atoms with van der Waals surface area (Å²) >= 11 is 0. The lowest BCUT2D eigenvalue weighted by Crippen LogP contribution is -2.52. The Morgan fingerprint density at radius 3 is 2.16 bits per heavy atom. The highest BCUT2D eigenvalue weighted by Gasteiger charge is 2.37. The van der Waals surface area contributed by atoms with Gasteiger partial charge in [0.2, 0.25) is 0 Å². The van der Waals surface area contributed by atoms with Crippen molar-refractivity contribution >= 4 is 23.9 Å². The SMILES string of the molecule is CN1C(=O)C(=Cc2cc(O)cc(C3CCCCC3)c2)C(=O)N(C)C1=O. The molecule has 1 aromatic carbocycles. The van der Waals surface area contributed by atoms with E-state index in [1.165, 1.54) is 45.5 Å². The smallest absolute Gasteiger partial charge is 0.333 e. The zero-order chi connectivity index (χ0) is 18.1. The Bertz CT molecular complexity index is 737. The van der Waals surface area contributed by atoms with Gasteiger partial charge in [-0.25, -0.2) is 4.79 Å². The molecule has 6 nitrogen and oxygen atoms in total. The number of carbonyl (C=O) groups excluding carboxylic acids is 3. The van der Waals surface area contributed by atoms with Gasteiger partial charge in [0.05, 0.1) is 0 Å². The van der Waals surface area contributed by atoms with Crippen molar-refractivity contribution in [3.05, 3.63) is 34.9 Å². The summed E-state index contributed by atoms with van der Waals surface area (Å²) in [6.45, 7) is 0. The predicted octanol–water partition coefficient (Wildman–Crippen LogP) is 2.87. The molecule has 0 spiro atoms. The van der Waals surface area contributed by atoms with E-state index < -0.39 is 17.8 Å². The largest absolute Gasteiger partial charge is 0.508 e.